The van der Waals surface area contributed by atoms with Gasteiger partial charge in [0.15, 0.2) is 0 Å². The van der Waals surface area contributed by atoms with Gasteiger partial charge in [0.2, 0.25) is 0 Å². The molecule has 3 nitrogen and oxygen atoms in total. The predicted molar refractivity (Wildman–Crippen MR) is 54.9 cm³/mol. The molecule has 0 heterocycles. The van der Waals surface area contributed by atoms with Crippen molar-refractivity contribution in [3.63, 3.8) is 0 Å². The number of benzene rings is 1. The Labute approximate surface area is 79.1 Å². The summed E-state index contributed by atoms with van der Waals surface area (Å²) in [5.41, 5.74) is 12.1. The van der Waals surface area contributed by atoms with Crippen molar-refractivity contribution in [3.05, 3.63) is 35.9 Å². The van der Waals surface area contributed by atoms with Crippen molar-refractivity contribution in [2.24, 2.45) is 11.5 Å². The first-order chi connectivity index (χ1) is 6.29. The fourth-order valence-electron chi connectivity index (χ4n) is 1.10. The Morgan fingerprint density at radius 1 is 1.15 bits per heavy atom. The van der Waals surface area contributed by atoms with Gasteiger partial charge in [-0.2, -0.15) is 0 Å². The van der Waals surface area contributed by atoms with Crippen molar-refractivity contribution in [2.75, 3.05) is 6.54 Å². The van der Waals surface area contributed by atoms with Crippen LogP contribution in [-0.4, -0.2) is 12.7 Å². The summed E-state index contributed by atoms with van der Waals surface area (Å²) in [7, 11) is 0. The lowest BCUT2D eigenvalue weighted by atomic mass is 10.2. The van der Waals surface area contributed by atoms with E-state index >= 15 is 0 Å². The first-order valence-electron chi connectivity index (χ1n) is 4.55. The molecule has 0 fully saturated rings. The van der Waals surface area contributed by atoms with Gasteiger partial charge in [-0.15, -0.1) is 0 Å². The molecule has 1 aromatic rings. The molecule has 0 atom stereocenters. The molecular formula is C10H17N3. The normalized spacial score (nSPS) is 10.7. The zero-order valence-electron chi connectivity index (χ0n) is 7.74. The van der Waals surface area contributed by atoms with Gasteiger partial charge < -0.3 is 16.8 Å². The number of nitrogens with two attached hydrogens (primary N) is 2. The summed E-state index contributed by atoms with van der Waals surface area (Å²) >= 11 is 0. The minimum atomic E-state index is -0.205. The lowest BCUT2D eigenvalue weighted by molar-refractivity contribution is 0.574. The van der Waals surface area contributed by atoms with Gasteiger partial charge in [-0.25, -0.2) is 0 Å². The van der Waals surface area contributed by atoms with Crippen LogP contribution in [0.1, 0.15) is 12.0 Å². The second-order valence-corrected chi connectivity index (χ2v) is 3.11. The third-order valence-corrected chi connectivity index (χ3v) is 1.83. The van der Waals surface area contributed by atoms with Gasteiger partial charge in [0, 0.05) is 6.54 Å². The topological polar surface area (TPSA) is 64.1 Å². The Morgan fingerprint density at radius 3 is 2.46 bits per heavy atom. The minimum Gasteiger partial charge on any atom is -0.316 e. The van der Waals surface area contributed by atoms with Crippen molar-refractivity contribution < 1.29 is 0 Å². The maximum absolute atomic E-state index is 5.41. The highest BCUT2D eigenvalue weighted by molar-refractivity contribution is 5.14. The summed E-state index contributed by atoms with van der Waals surface area (Å²) in [5, 5.41) is 3.27. The zero-order valence-corrected chi connectivity index (χ0v) is 7.74. The molecule has 0 amide bonds. The summed E-state index contributed by atoms with van der Waals surface area (Å²) in [6.07, 6.45) is 0.607. The molecule has 0 radical (unpaired) electrons. The highest BCUT2D eigenvalue weighted by Gasteiger charge is 1.93. The van der Waals surface area contributed by atoms with E-state index in [1.165, 1.54) is 5.56 Å². The Bertz CT molecular complexity index is 221. The molecule has 0 spiro atoms. The minimum absolute atomic E-state index is 0.205. The summed E-state index contributed by atoms with van der Waals surface area (Å²) in [4.78, 5) is 0. The van der Waals surface area contributed by atoms with E-state index in [0.717, 1.165) is 19.5 Å². The Kier molecular flexibility index (Phi) is 4.46. The fraction of sp³-hybridized carbons (Fsp3) is 0.400. The molecule has 0 unspecified atom stereocenters. The monoisotopic (exact) mass is 179 g/mol. The van der Waals surface area contributed by atoms with Crippen LogP contribution in [0.4, 0.5) is 0 Å². The second-order valence-electron chi connectivity index (χ2n) is 3.11. The second kappa shape index (κ2) is 5.70. The quantitative estimate of drug-likeness (QED) is 0.453. The van der Waals surface area contributed by atoms with Gasteiger partial charge in [-0.1, -0.05) is 30.3 Å². The van der Waals surface area contributed by atoms with Gasteiger partial charge in [0.1, 0.15) is 0 Å². The zero-order chi connectivity index (χ0) is 9.52. The molecule has 0 aliphatic heterocycles. The van der Waals surface area contributed by atoms with E-state index in [9.17, 15) is 0 Å². The van der Waals surface area contributed by atoms with Gasteiger partial charge >= 0.3 is 0 Å². The molecule has 0 aliphatic rings. The van der Waals surface area contributed by atoms with Crippen LogP contribution >= 0.6 is 0 Å². The summed E-state index contributed by atoms with van der Waals surface area (Å²) in [6, 6.07) is 10.3. The van der Waals surface area contributed by atoms with Crippen LogP contribution in [-0.2, 0) is 6.54 Å². The van der Waals surface area contributed by atoms with Crippen LogP contribution in [0.2, 0.25) is 0 Å². The first-order valence-corrected chi connectivity index (χ1v) is 4.55. The summed E-state index contributed by atoms with van der Waals surface area (Å²) in [5.74, 6) is 0. The highest BCUT2D eigenvalue weighted by atomic mass is 14.9. The van der Waals surface area contributed by atoms with Gasteiger partial charge in [0.25, 0.3) is 0 Å². The number of hydrogen-bond donors (Lipinski definition) is 3. The van der Waals surface area contributed by atoms with E-state index in [-0.39, 0.29) is 6.17 Å². The Morgan fingerprint density at radius 2 is 1.85 bits per heavy atom. The number of nitrogens with one attached hydrogen (secondary N) is 1. The van der Waals surface area contributed by atoms with Gasteiger partial charge in [0.05, 0.1) is 6.17 Å². The molecule has 72 valence electrons. The summed E-state index contributed by atoms with van der Waals surface area (Å²) < 4.78 is 0. The molecule has 0 saturated heterocycles. The van der Waals surface area contributed by atoms with Crippen LogP contribution in [0.25, 0.3) is 0 Å². The smallest absolute Gasteiger partial charge is 0.0533 e. The molecule has 1 rings (SSSR count). The van der Waals surface area contributed by atoms with Crippen LogP contribution in [0, 0.1) is 0 Å². The van der Waals surface area contributed by atoms with Crippen molar-refractivity contribution >= 4 is 0 Å². The molecule has 5 N–H and O–H groups in total. The Balaban J connectivity index is 2.13. The molecule has 0 aromatic heterocycles. The molecule has 0 aliphatic carbocycles. The lowest BCUT2D eigenvalue weighted by Crippen LogP contribution is -2.33. The van der Waals surface area contributed by atoms with Crippen LogP contribution in [0.5, 0.6) is 0 Å². The van der Waals surface area contributed by atoms with E-state index in [0.29, 0.717) is 0 Å². The molecular weight excluding hydrogens is 162 g/mol. The third kappa shape index (κ3) is 4.62. The van der Waals surface area contributed by atoms with E-state index in [1.54, 1.807) is 0 Å². The highest BCUT2D eigenvalue weighted by Crippen LogP contribution is 1.96. The van der Waals surface area contributed by atoms with E-state index in [4.69, 9.17) is 11.5 Å². The molecule has 0 bridgehead atoms. The first kappa shape index (κ1) is 10.2. The largest absolute Gasteiger partial charge is 0.316 e. The molecule has 1 aromatic carbocycles. The van der Waals surface area contributed by atoms with Gasteiger partial charge in [-0.3, -0.25) is 0 Å². The maximum atomic E-state index is 5.41. The van der Waals surface area contributed by atoms with Crippen molar-refractivity contribution in [1.82, 2.24) is 5.32 Å². The SMILES string of the molecule is NC(N)CCNCc1ccccc1. The fourth-order valence-corrected chi connectivity index (χ4v) is 1.10. The van der Waals surface area contributed by atoms with Gasteiger partial charge in [-0.05, 0) is 18.5 Å². The van der Waals surface area contributed by atoms with E-state index in [2.05, 4.69) is 17.4 Å². The predicted octanol–water partition coefficient (Wildman–Crippen LogP) is 0.410. The number of hydrogen-bond acceptors (Lipinski definition) is 3. The standard InChI is InChI=1S/C10H17N3/c11-10(12)6-7-13-8-9-4-2-1-3-5-9/h1-5,10,13H,6-8,11-12H2. The average molecular weight is 179 g/mol. The van der Waals surface area contributed by atoms with Crippen LogP contribution in [0.15, 0.2) is 30.3 Å². The average Bonchev–Trinajstić information content (AvgIpc) is 2.14. The third-order valence-electron chi connectivity index (χ3n) is 1.83. The van der Waals surface area contributed by atoms with E-state index in [1.807, 2.05) is 18.2 Å². The summed E-state index contributed by atoms with van der Waals surface area (Å²) in [6.45, 7) is 1.75. The molecule has 13 heavy (non-hydrogen) atoms. The molecule has 3 heteroatoms. The number of rotatable bonds is 5. The van der Waals surface area contributed by atoms with Crippen LogP contribution in [0.3, 0.4) is 0 Å². The van der Waals surface area contributed by atoms with Crippen LogP contribution < -0.4 is 16.8 Å². The van der Waals surface area contributed by atoms with Crippen molar-refractivity contribution in [3.8, 4) is 0 Å². The lowest BCUT2D eigenvalue weighted by Gasteiger charge is -2.06. The maximum Gasteiger partial charge on any atom is 0.0533 e. The van der Waals surface area contributed by atoms with Crippen molar-refractivity contribution in [1.29, 1.82) is 0 Å². The van der Waals surface area contributed by atoms with E-state index < -0.39 is 0 Å². The molecule has 0 saturated carbocycles. The van der Waals surface area contributed by atoms with Crippen molar-refractivity contribution in [2.45, 2.75) is 19.1 Å². The Hall–Kier alpha value is -0.900.